The van der Waals surface area contributed by atoms with E-state index in [0.29, 0.717) is 6.42 Å². The van der Waals surface area contributed by atoms with Gasteiger partial charge < -0.3 is 14.9 Å². The highest BCUT2D eigenvalue weighted by Crippen LogP contribution is 2.32. The molecule has 6 nitrogen and oxygen atoms in total. The van der Waals surface area contributed by atoms with Gasteiger partial charge in [0.15, 0.2) is 0 Å². The topological polar surface area (TPSA) is 96.7 Å². The van der Waals surface area contributed by atoms with Crippen LogP contribution in [0, 0.1) is 24.2 Å². The van der Waals surface area contributed by atoms with Crippen molar-refractivity contribution in [3.8, 4) is 0 Å². The van der Waals surface area contributed by atoms with Crippen LogP contribution in [0.1, 0.15) is 84.3 Å². The minimum Gasteiger partial charge on any atom is -0.457 e. The van der Waals surface area contributed by atoms with Gasteiger partial charge in [0.05, 0.1) is 34.7 Å². The smallest absolute Gasteiger partial charge is 0.309 e. The number of allylic oxidation sites excluding steroid dienone is 1. The number of thiazole rings is 1. The zero-order valence-corrected chi connectivity index (χ0v) is 22.4. The maximum atomic E-state index is 13.2. The number of cyclic esters (lactones) is 1. The molecule has 0 saturated heterocycles. The van der Waals surface area contributed by atoms with E-state index in [1.165, 1.54) is 5.57 Å². The van der Waals surface area contributed by atoms with Crippen LogP contribution in [0.15, 0.2) is 22.6 Å². The summed E-state index contributed by atoms with van der Waals surface area (Å²) in [6.45, 7) is 12.8. The van der Waals surface area contributed by atoms with Crippen LogP contribution >= 0.6 is 11.3 Å². The summed E-state index contributed by atoms with van der Waals surface area (Å²) in [5.41, 5.74) is 1.71. The molecule has 34 heavy (non-hydrogen) atoms. The average molecular weight is 492 g/mol. The Hall–Kier alpha value is -1.83. The molecule has 1 aromatic rings. The Morgan fingerprint density at radius 3 is 2.53 bits per heavy atom. The number of Topliss-reactive ketones (excluding diaryl/α,β-unsaturated/α-hetero) is 1. The molecule has 5 atom stereocenters. The summed E-state index contributed by atoms with van der Waals surface area (Å²) >= 11 is 1.56. The molecule has 0 bridgehead atoms. The van der Waals surface area contributed by atoms with Gasteiger partial charge in [0.2, 0.25) is 0 Å². The molecular weight excluding hydrogens is 450 g/mol. The number of carbonyl (C=O) groups is 2. The van der Waals surface area contributed by atoms with Gasteiger partial charge in [-0.15, -0.1) is 11.3 Å². The number of ether oxygens (including phenoxy) is 1. The van der Waals surface area contributed by atoms with Crippen LogP contribution in [0.4, 0.5) is 0 Å². The number of aromatic nitrogens is 1. The summed E-state index contributed by atoms with van der Waals surface area (Å²) in [4.78, 5) is 30.5. The lowest BCUT2D eigenvalue weighted by Gasteiger charge is -2.34. The highest BCUT2D eigenvalue weighted by Gasteiger charge is 2.42. The van der Waals surface area contributed by atoms with Gasteiger partial charge in [0.25, 0.3) is 0 Å². The highest BCUT2D eigenvalue weighted by atomic mass is 32.1. The Bertz CT molecular complexity index is 916. The Balaban J connectivity index is 2.33. The lowest BCUT2D eigenvalue weighted by molar-refractivity contribution is -0.154. The summed E-state index contributed by atoms with van der Waals surface area (Å²) in [5, 5.41) is 24.5. The lowest BCUT2D eigenvalue weighted by Crippen LogP contribution is -2.45. The van der Waals surface area contributed by atoms with E-state index >= 15 is 0 Å². The van der Waals surface area contributed by atoms with Crippen molar-refractivity contribution in [3.63, 3.8) is 0 Å². The monoisotopic (exact) mass is 491 g/mol. The summed E-state index contributed by atoms with van der Waals surface area (Å²) in [6.07, 6.45) is 4.33. The van der Waals surface area contributed by atoms with Crippen molar-refractivity contribution < 1.29 is 24.5 Å². The molecule has 0 fully saturated rings. The summed E-state index contributed by atoms with van der Waals surface area (Å²) < 4.78 is 5.81. The number of aliphatic hydroxyl groups is 2. The molecule has 2 heterocycles. The first kappa shape index (κ1) is 28.4. The molecule has 0 aliphatic carbocycles. The van der Waals surface area contributed by atoms with Crippen molar-refractivity contribution >= 4 is 29.2 Å². The number of carbonyl (C=O) groups excluding carboxylic acids is 2. The molecule has 190 valence electrons. The normalized spacial score (nSPS) is 32.1. The lowest BCUT2D eigenvalue weighted by atomic mass is 9.73. The van der Waals surface area contributed by atoms with Crippen molar-refractivity contribution in [1.82, 2.24) is 4.98 Å². The minimum atomic E-state index is -1.21. The van der Waals surface area contributed by atoms with E-state index in [0.717, 1.165) is 35.5 Å². The maximum absolute atomic E-state index is 13.2. The van der Waals surface area contributed by atoms with Crippen molar-refractivity contribution in [2.75, 3.05) is 0 Å². The van der Waals surface area contributed by atoms with Crippen LogP contribution in [0.3, 0.4) is 0 Å². The number of nitrogens with zero attached hydrogens (tertiary/aromatic N) is 1. The van der Waals surface area contributed by atoms with E-state index < -0.39 is 35.6 Å². The predicted octanol–water partition coefficient (Wildman–Crippen LogP) is 5.27. The van der Waals surface area contributed by atoms with Crippen LogP contribution < -0.4 is 0 Å². The van der Waals surface area contributed by atoms with Gasteiger partial charge in [-0.05, 0) is 57.6 Å². The second-order valence-electron chi connectivity index (χ2n) is 10.4. The van der Waals surface area contributed by atoms with Gasteiger partial charge in [-0.3, -0.25) is 9.59 Å². The number of hydrogen-bond acceptors (Lipinski definition) is 7. The second kappa shape index (κ2) is 12.2. The average Bonchev–Trinajstić information content (AvgIpc) is 3.18. The van der Waals surface area contributed by atoms with E-state index in [9.17, 15) is 19.8 Å². The second-order valence-corrected chi connectivity index (χ2v) is 11.5. The standard InChI is InChI=1S/C27H41NO5S/c1-16-9-8-10-17(2)25(31)19(4)26(32)27(6,7)23(29)14-24(30)33-22(12-11-16)18(3)13-21-15-34-20(5)28-21/h11,13,15,17,19,22-23,25,29,31H,8-10,12,14H2,1-7H3/b16-11-,18-13+/t17-,19+,22?,23-,25?/m0/s1. The van der Waals surface area contributed by atoms with E-state index in [-0.39, 0.29) is 18.1 Å². The molecule has 0 amide bonds. The third kappa shape index (κ3) is 7.59. The molecule has 0 saturated carbocycles. The largest absolute Gasteiger partial charge is 0.457 e. The van der Waals surface area contributed by atoms with E-state index in [2.05, 4.69) is 18.0 Å². The molecule has 1 aliphatic rings. The van der Waals surface area contributed by atoms with Crippen LogP contribution in [0.2, 0.25) is 0 Å². The van der Waals surface area contributed by atoms with Gasteiger partial charge in [-0.1, -0.05) is 39.3 Å². The molecule has 2 N–H and O–H groups in total. The zero-order valence-electron chi connectivity index (χ0n) is 21.6. The van der Waals surface area contributed by atoms with Gasteiger partial charge >= 0.3 is 5.97 Å². The number of hydrogen-bond donors (Lipinski definition) is 2. The summed E-state index contributed by atoms with van der Waals surface area (Å²) in [7, 11) is 0. The molecule has 1 aromatic heterocycles. The first-order valence-electron chi connectivity index (χ1n) is 12.2. The third-order valence-corrected chi connectivity index (χ3v) is 7.83. The minimum absolute atomic E-state index is 0.0444. The fraction of sp³-hybridized carbons (Fsp3) is 0.667. The van der Waals surface area contributed by atoms with Gasteiger partial charge in [-0.25, -0.2) is 4.98 Å². The molecule has 0 spiro atoms. The summed E-state index contributed by atoms with van der Waals surface area (Å²) in [6, 6.07) is 0. The summed E-state index contributed by atoms with van der Waals surface area (Å²) in [5.74, 6) is -1.49. The first-order chi connectivity index (χ1) is 15.8. The van der Waals surface area contributed by atoms with Crippen LogP contribution in [0.5, 0.6) is 0 Å². The zero-order chi connectivity index (χ0) is 25.6. The van der Waals surface area contributed by atoms with Gasteiger partial charge in [0, 0.05) is 17.7 Å². The maximum Gasteiger partial charge on any atom is 0.309 e. The van der Waals surface area contributed by atoms with Crippen molar-refractivity contribution in [3.05, 3.63) is 33.3 Å². The quantitative estimate of drug-likeness (QED) is 0.432. The Kier molecular flexibility index (Phi) is 10.2. The molecule has 2 rings (SSSR count). The Labute approximate surface area is 208 Å². The van der Waals surface area contributed by atoms with E-state index in [1.807, 2.05) is 32.2 Å². The van der Waals surface area contributed by atoms with Crippen LogP contribution in [-0.4, -0.2) is 45.3 Å². The van der Waals surface area contributed by atoms with Crippen LogP contribution in [0.25, 0.3) is 6.08 Å². The van der Waals surface area contributed by atoms with E-state index in [4.69, 9.17) is 4.74 Å². The third-order valence-electron chi connectivity index (χ3n) is 7.04. The van der Waals surface area contributed by atoms with Crippen molar-refractivity contribution in [2.24, 2.45) is 17.3 Å². The highest BCUT2D eigenvalue weighted by molar-refractivity contribution is 7.09. The molecule has 1 aliphatic heterocycles. The van der Waals surface area contributed by atoms with Crippen molar-refractivity contribution in [2.45, 2.75) is 98.9 Å². The molecule has 2 unspecified atom stereocenters. The number of esters is 1. The fourth-order valence-electron chi connectivity index (χ4n) is 4.40. The fourth-order valence-corrected chi connectivity index (χ4v) is 4.97. The number of aryl methyl sites for hydroxylation is 1. The predicted molar refractivity (Wildman–Crippen MR) is 136 cm³/mol. The Morgan fingerprint density at radius 1 is 1.24 bits per heavy atom. The molecule has 7 heteroatoms. The van der Waals surface area contributed by atoms with Gasteiger partial charge in [0.1, 0.15) is 11.9 Å². The number of ketones is 1. The van der Waals surface area contributed by atoms with Gasteiger partial charge in [-0.2, -0.15) is 0 Å². The molecule has 0 radical (unpaired) electrons. The van der Waals surface area contributed by atoms with Crippen molar-refractivity contribution in [1.29, 1.82) is 0 Å². The molecule has 0 aromatic carbocycles. The first-order valence-corrected chi connectivity index (χ1v) is 13.1. The SMILES string of the molecule is C/C1=C/CC(/C(C)=C/c2csc(C)n2)OC(=O)C[C@H](O)C(C)(C)C(=O)[C@H](C)C(O)[C@@H](C)CCC1. The number of aliphatic hydroxyl groups excluding tert-OH is 2. The Morgan fingerprint density at radius 2 is 1.91 bits per heavy atom. The van der Waals surface area contributed by atoms with Crippen LogP contribution in [-0.2, 0) is 14.3 Å². The van der Waals surface area contributed by atoms with E-state index in [1.54, 1.807) is 32.1 Å². The molecular formula is C27H41NO5S. The number of rotatable bonds is 2.